The fraction of sp³-hybridized carbons (Fsp3) is 0.333. The van der Waals surface area contributed by atoms with Gasteiger partial charge in [0.05, 0.1) is 6.42 Å². The molecule has 1 heterocycles. The number of esters is 1. The number of rotatable bonds is 1. The highest BCUT2D eigenvalue weighted by molar-refractivity contribution is 6.30. The SMILES string of the molecule is O=C1CC(C(=O)O)OC(=O)C(=O)OO1. The Morgan fingerprint density at radius 1 is 1.21 bits per heavy atom. The molecule has 8 heteroatoms. The zero-order chi connectivity index (χ0) is 10.7. The lowest BCUT2D eigenvalue weighted by Crippen LogP contribution is -2.36. The minimum absolute atomic E-state index is 0.714. The second-order valence-electron chi connectivity index (χ2n) is 2.26. The van der Waals surface area contributed by atoms with Crippen molar-refractivity contribution in [1.29, 1.82) is 0 Å². The van der Waals surface area contributed by atoms with Gasteiger partial charge in [-0.05, 0) is 0 Å². The van der Waals surface area contributed by atoms with Crippen molar-refractivity contribution in [2.75, 3.05) is 0 Å². The monoisotopic (exact) mass is 204 g/mol. The summed E-state index contributed by atoms with van der Waals surface area (Å²) in [5.74, 6) is -5.77. The molecular formula is C6H4O8. The molecule has 0 saturated carbocycles. The van der Waals surface area contributed by atoms with Crippen LogP contribution in [0.5, 0.6) is 0 Å². The number of hydrogen-bond acceptors (Lipinski definition) is 7. The Morgan fingerprint density at radius 3 is 2.43 bits per heavy atom. The maximum Gasteiger partial charge on any atom is 0.462 e. The van der Waals surface area contributed by atoms with Gasteiger partial charge >= 0.3 is 23.9 Å². The van der Waals surface area contributed by atoms with Gasteiger partial charge in [-0.25, -0.2) is 29.0 Å². The van der Waals surface area contributed by atoms with Crippen LogP contribution in [0, 0.1) is 0 Å². The van der Waals surface area contributed by atoms with Crippen molar-refractivity contribution in [3.05, 3.63) is 0 Å². The summed E-state index contributed by atoms with van der Waals surface area (Å²) in [5, 5.41) is 8.44. The average Bonchev–Trinajstić information content (AvgIpc) is 2.11. The van der Waals surface area contributed by atoms with E-state index in [1.807, 2.05) is 0 Å². The van der Waals surface area contributed by atoms with Crippen molar-refractivity contribution < 1.29 is 38.8 Å². The predicted octanol–water partition coefficient (Wildman–Crippen LogP) is -1.61. The van der Waals surface area contributed by atoms with Gasteiger partial charge in [-0.2, -0.15) is 0 Å². The minimum atomic E-state index is -1.73. The highest BCUT2D eigenvalue weighted by Crippen LogP contribution is 2.06. The molecule has 0 aromatic rings. The van der Waals surface area contributed by atoms with E-state index in [1.54, 1.807) is 0 Å². The molecule has 1 saturated heterocycles. The Kier molecular flexibility index (Phi) is 2.65. The van der Waals surface area contributed by atoms with Crippen molar-refractivity contribution in [3.63, 3.8) is 0 Å². The van der Waals surface area contributed by atoms with Gasteiger partial charge in [0, 0.05) is 0 Å². The standard InChI is InChI=1S/C6H4O8/c7-3-1-2(4(8)9)12-5(10)6(11)14-13-3/h2H,1H2,(H,8,9). The number of cyclic esters (lactones) is 1. The molecule has 1 unspecified atom stereocenters. The van der Waals surface area contributed by atoms with Crippen LogP contribution in [-0.2, 0) is 33.7 Å². The molecule has 0 aliphatic carbocycles. The molecule has 8 nitrogen and oxygen atoms in total. The Balaban J connectivity index is 2.78. The van der Waals surface area contributed by atoms with Crippen molar-refractivity contribution in [2.45, 2.75) is 12.5 Å². The summed E-state index contributed by atoms with van der Waals surface area (Å²) < 4.78 is 4.12. The second-order valence-corrected chi connectivity index (χ2v) is 2.26. The number of hydrogen-bond donors (Lipinski definition) is 1. The largest absolute Gasteiger partial charge is 0.478 e. The lowest BCUT2D eigenvalue weighted by Gasteiger charge is -2.14. The van der Waals surface area contributed by atoms with Crippen LogP contribution in [0.3, 0.4) is 0 Å². The first-order valence-corrected chi connectivity index (χ1v) is 3.36. The summed E-state index contributed by atoms with van der Waals surface area (Å²) >= 11 is 0. The molecule has 0 spiro atoms. The van der Waals surface area contributed by atoms with Crippen molar-refractivity contribution in [3.8, 4) is 0 Å². The summed E-state index contributed by atoms with van der Waals surface area (Å²) in [7, 11) is 0. The minimum Gasteiger partial charge on any atom is -0.478 e. The molecular weight excluding hydrogens is 200 g/mol. The van der Waals surface area contributed by atoms with E-state index >= 15 is 0 Å². The first-order chi connectivity index (χ1) is 6.50. The molecule has 14 heavy (non-hydrogen) atoms. The molecule has 1 rings (SSSR count). The number of aliphatic carboxylic acids is 1. The zero-order valence-electron chi connectivity index (χ0n) is 6.59. The highest BCUT2D eigenvalue weighted by atomic mass is 17.2. The first kappa shape index (κ1) is 9.96. The molecule has 0 bridgehead atoms. The molecule has 1 N–H and O–H groups in total. The number of ether oxygens (including phenoxy) is 1. The number of carboxylic acid groups (broad SMARTS) is 1. The smallest absolute Gasteiger partial charge is 0.462 e. The summed E-state index contributed by atoms with van der Waals surface area (Å²) in [6.07, 6.45) is -2.45. The van der Waals surface area contributed by atoms with E-state index < -0.39 is 36.4 Å². The quantitative estimate of drug-likeness (QED) is 0.308. The van der Waals surface area contributed by atoms with Gasteiger partial charge in [0.2, 0.25) is 6.10 Å². The molecule has 0 aromatic carbocycles. The molecule has 0 aromatic heterocycles. The van der Waals surface area contributed by atoms with Crippen LogP contribution >= 0.6 is 0 Å². The lowest BCUT2D eigenvalue weighted by atomic mass is 10.2. The molecule has 76 valence electrons. The molecule has 1 fully saturated rings. The Labute approximate surface area is 76.3 Å². The van der Waals surface area contributed by atoms with Gasteiger partial charge in [0.1, 0.15) is 0 Å². The van der Waals surface area contributed by atoms with Crippen molar-refractivity contribution >= 4 is 23.9 Å². The van der Waals surface area contributed by atoms with E-state index in [0.717, 1.165) is 0 Å². The van der Waals surface area contributed by atoms with Gasteiger partial charge in [0.15, 0.2) is 0 Å². The first-order valence-electron chi connectivity index (χ1n) is 3.36. The Hall–Kier alpha value is -2.12. The predicted molar refractivity (Wildman–Crippen MR) is 34.3 cm³/mol. The van der Waals surface area contributed by atoms with E-state index in [0.29, 0.717) is 0 Å². The maximum atomic E-state index is 10.6. The molecule has 1 aliphatic heterocycles. The van der Waals surface area contributed by atoms with Crippen LogP contribution in [0.2, 0.25) is 0 Å². The molecule has 0 radical (unpaired) electrons. The lowest BCUT2D eigenvalue weighted by molar-refractivity contribution is -0.265. The third-order valence-corrected chi connectivity index (χ3v) is 1.25. The van der Waals surface area contributed by atoms with E-state index in [4.69, 9.17) is 5.11 Å². The van der Waals surface area contributed by atoms with Gasteiger partial charge in [-0.1, -0.05) is 0 Å². The van der Waals surface area contributed by atoms with Crippen LogP contribution in [0.1, 0.15) is 6.42 Å². The summed E-state index contributed by atoms with van der Waals surface area (Å²) in [6, 6.07) is 0. The number of carbonyl (C=O) groups excluding carboxylic acids is 3. The van der Waals surface area contributed by atoms with Gasteiger partial charge in [-0.15, -0.1) is 0 Å². The van der Waals surface area contributed by atoms with Gasteiger partial charge in [0.25, 0.3) is 0 Å². The molecule has 0 amide bonds. The van der Waals surface area contributed by atoms with Crippen LogP contribution in [0.15, 0.2) is 0 Å². The zero-order valence-corrected chi connectivity index (χ0v) is 6.59. The number of carbonyl (C=O) groups is 4. The van der Waals surface area contributed by atoms with E-state index in [1.165, 1.54) is 0 Å². The van der Waals surface area contributed by atoms with Crippen LogP contribution in [0.25, 0.3) is 0 Å². The van der Waals surface area contributed by atoms with Gasteiger partial charge < -0.3 is 9.84 Å². The van der Waals surface area contributed by atoms with Crippen molar-refractivity contribution in [1.82, 2.24) is 0 Å². The van der Waals surface area contributed by atoms with E-state index in [9.17, 15) is 19.2 Å². The average molecular weight is 204 g/mol. The summed E-state index contributed by atoms with van der Waals surface area (Å²) in [5.41, 5.74) is 0. The van der Waals surface area contributed by atoms with Gasteiger partial charge in [-0.3, -0.25) is 0 Å². The van der Waals surface area contributed by atoms with Crippen LogP contribution < -0.4 is 0 Å². The third-order valence-electron chi connectivity index (χ3n) is 1.25. The van der Waals surface area contributed by atoms with Crippen LogP contribution in [-0.4, -0.2) is 35.1 Å². The molecule has 1 aliphatic rings. The summed E-state index contributed by atoms with van der Waals surface area (Å²) in [6.45, 7) is 0. The van der Waals surface area contributed by atoms with Crippen molar-refractivity contribution in [2.24, 2.45) is 0 Å². The Bertz CT molecular complexity index is 305. The summed E-state index contributed by atoms with van der Waals surface area (Å²) in [4.78, 5) is 49.7. The molecule has 1 atom stereocenters. The maximum absolute atomic E-state index is 10.6. The topological polar surface area (TPSA) is 116 Å². The van der Waals surface area contributed by atoms with Crippen LogP contribution in [0.4, 0.5) is 0 Å². The Morgan fingerprint density at radius 2 is 1.86 bits per heavy atom. The van der Waals surface area contributed by atoms with E-state index in [-0.39, 0.29) is 0 Å². The fourth-order valence-corrected chi connectivity index (χ4v) is 0.660. The number of carboxylic acids is 1. The fourth-order valence-electron chi connectivity index (χ4n) is 0.660. The highest BCUT2D eigenvalue weighted by Gasteiger charge is 2.34. The third kappa shape index (κ3) is 2.19. The second kappa shape index (κ2) is 3.73. The normalized spacial score (nSPS) is 22.6. The van der Waals surface area contributed by atoms with E-state index in [2.05, 4.69) is 14.5 Å².